The van der Waals surface area contributed by atoms with Crippen LogP contribution >= 0.6 is 0 Å². The number of carbonyl (C=O) groups excluding carboxylic acids is 1. The molecule has 3 nitrogen and oxygen atoms in total. The summed E-state index contributed by atoms with van der Waals surface area (Å²) in [6, 6.07) is 14.3. The molecule has 2 aromatic carbocycles. The minimum absolute atomic E-state index is 0.0297. The zero-order valence-corrected chi connectivity index (χ0v) is 14.3. The highest BCUT2D eigenvalue weighted by atomic mass is 19.1. The molecule has 0 unspecified atom stereocenters. The lowest BCUT2D eigenvalue weighted by molar-refractivity contribution is -0.118. The van der Waals surface area contributed by atoms with Crippen LogP contribution in [0.1, 0.15) is 42.5 Å². The van der Waals surface area contributed by atoms with Crippen molar-refractivity contribution in [2.24, 2.45) is 0 Å². The van der Waals surface area contributed by atoms with Crippen LogP contribution in [0.4, 0.5) is 10.1 Å². The van der Waals surface area contributed by atoms with Gasteiger partial charge in [0.05, 0.1) is 11.6 Å². The Labute approximate surface area is 146 Å². The van der Waals surface area contributed by atoms with Gasteiger partial charge in [-0.2, -0.15) is 5.26 Å². The normalized spacial score (nSPS) is 17.7. The summed E-state index contributed by atoms with van der Waals surface area (Å²) in [5.74, 6) is -0.167. The zero-order valence-electron chi connectivity index (χ0n) is 14.3. The molecule has 0 bridgehead atoms. The molecule has 0 radical (unpaired) electrons. The topological polar surface area (TPSA) is 52.9 Å². The van der Waals surface area contributed by atoms with Crippen molar-refractivity contribution in [3.63, 3.8) is 0 Å². The Bertz CT molecular complexity index is 891. The van der Waals surface area contributed by atoms with E-state index in [-0.39, 0.29) is 17.7 Å². The molecule has 126 valence electrons. The van der Waals surface area contributed by atoms with Gasteiger partial charge >= 0.3 is 0 Å². The van der Waals surface area contributed by atoms with Crippen molar-refractivity contribution in [1.29, 1.82) is 5.26 Å². The summed E-state index contributed by atoms with van der Waals surface area (Å²) in [4.78, 5) is 12.0. The Morgan fingerprint density at radius 2 is 1.96 bits per heavy atom. The molecule has 3 rings (SSSR count). The fourth-order valence-corrected chi connectivity index (χ4v) is 3.15. The molecule has 4 heteroatoms. The average molecular weight is 334 g/mol. The smallest absolute Gasteiger partial charge is 0.139 e. The molecule has 1 aliphatic rings. The number of fused-ring (bicyclic) bond motifs is 1. The number of nitrogens with zero attached hydrogens (tertiary/aromatic N) is 1. The molecule has 1 heterocycles. The highest BCUT2D eigenvalue weighted by molar-refractivity contribution is 5.93. The Balaban J connectivity index is 2.07. The number of allylic oxidation sites excluding steroid dienone is 1. The quantitative estimate of drug-likeness (QED) is 0.808. The molecular formula is C21H19FN2O. The van der Waals surface area contributed by atoms with Crippen LogP contribution in [0.3, 0.4) is 0 Å². The summed E-state index contributed by atoms with van der Waals surface area (Å²) in [5, 5.41) is 12.2. The molecular weight excluding hydrogens is 315 g/mol. The lowest BCUT2D eigenvalue weighted by atomic mass is 9.98. The van der Waals surface area contributed by atoms with Gasteiger partial charge in [0, 0.05) is 30.1 Å². The van der Waals surface area contributed by atoms with Gasteiger partial charge in [-0.25, -0.2) is 4.39 Å². The Hall–Kier alpha value is -2.93. The van der Waals surface area contributed by atoms with Crippen LogP contribution in [0.15, 0.2) is 42.5 Å². The Morgan fingerprint density at radius 1 is 1.24 bits per heavy atom. The standard InChI is InChI=1S/C21H19FN2O/c1-13-10-18(25)11-17-4-3-5-19(21(17)24-13)20(22)14(2)16-8-6-15(12-23)7-9-16/h3-9,13,24H,10-11H2,1-2H3/b20-14-/t13-/m1/s1. The van der Waals surface area contributed by atoms with Crippen LogP contribution in [-0.2, 0) is 11.2 Å². The molecule has 0 saturated carbocycles. The van der Waals surface area contributed by atoms with Gasteiger partial charge in [0.1, 0.15) is 11.6 Å². The van der Waals surface area contributed by atoms with E-state index in [1.54, 1.807) is 43.3 Å². The van der Waals surface area contributed by atoms with Gasteiger partial charge < -0.3 is 5.32 Å². The summed E-state index contributed by atoms with van der Waals surface area (Å²) in [6.45, 7) is 3.65. The molecule has 25 heavy (non-hydrogen) atoms. The lowest BCUT2D eigenvalue weighted by Crippen LogP contribution is -2.17. The average Bonchev–Trinajstić information content (AvgIpc) is 2.76. The van der Waals surface area contributed by atoms with Gasteiger partial charge in [0.2, 0.25) is 0 Å². The monoisotopic (exact) mass is 334 g/mol. The van der Waals surface area contributed by atoms with Crippen molar-refractivity contribution in [2.75, 3.05) is 5.32 Å². The van der Waals surface area contributed by atoms with Crippen molar-refractivity contribution < 1.29 is 9.18 Å². The third kappa shape index (κ3) is 3.46. The molecule has 1 atom stereocenters. The van der Waals surface area contributed by atoms with Gasteiger partial charge in [-0.15, -0.1) is 0 Å². The number of hydrogen-bond acceptors (Lipinski definition) is 3. The van der Waals surface area contributed by atoms with Crippen LogP contribution in [0.5, 0.6) is 0 Å². The number of hydrogen-bond donors (Lipinski definition) is 1. The summed E-state index contributed by atoms with van der Waals surface area (Å²) in [7, 11) is 0. The van der Waals surface area contributed by atoms with E-state index in [4.69, 9.17) is 5.26 Å². The first-order valence-electron chi connectivity index (χ1n) is 8.27. The van der Waals surface area contributed by atoms with Gasteiger partial charge in [0.15, 0.2) is 0 Å². The number of halogens is 1. The predicted octanol–water partition coefficient (Wildman–Crippen LogP) is 4.73. The van der Waals surface area contributed by atoms with E-state index in [0.717, 1.165) is 11.1 Å². The minimum Gasteiger partial charge on any atom is -0.381 e. The molecule has 0 aromatic heterocycles. The van der Waals surface area contributed by atoms with E-state index >= 15 is 4.39 Å². The van der Waals surface area contributed by atoms with Crippen molar-refractivity contribution in [3.05, 3.63) is 64.7 Å². The fraction of sp³-hybridized carbons (Fsp3) is 0.238. The molecule has 0 fully saturated rings. The Morgan fingerprint density at radius 3 is 2.64 bits per heavy atom. The number of nitrogens with one attached hydrogen (secondary N) is 1. The SMILES string of the molecule is C/C(=C(/F)c1cccc2c1N[C@H](C)CC(=O)C2)c1ccc(C#N)cc1. The number of anilines is 1. The Kier molecular flexibility index (Phi) is 4.67. The molecule has 1 aliphatic heterocycles. The second kappa shape index (κ2) is 6.90. The van der Waals surface area contributed by atoms with Crippen molar-refractivity contribution in [1.82, 2.24) is 0 Å². The molecule has 0 saturated heterocycles. The largest absolute Gasteiger partial charge is 0.381 e. The van der Waals surface area contributed by atoms with E-state index in [0.29, 0.717) is 35.2 Å². The van der Waals surface area contributed by atoms with E-state index in [2.05, 4.69) is 11.4 Å². The molecule has 2 aromatic rings. The van der Waals surface area contributed by atoms with Crippen LogP contribution < -0.4 is 5.32 Å². The molecule has 0 aliphatic carbocycles. The van der Waals surface area contributed by atoms with E-state index < -0.39 is 0 Å². The first kappa shape index (κ1) is 16.9. The maximum absolute atomic E-state index is 15.2. The van der Waals surface area contributed by atoms with Crippen molar-refractivity contribution >= 4 is 22.9 Å². The van der Waals surface area contributed by atoms with E-state index in [1.165, 1.54) is 0 Å². The van der Waals surface area contributed by atoms with Crippen LogP contribution in [0.2, 0.25) is 0 Å². The number of ketones is 1. The van der Waals surface area contributed by atoms with Crippen LogP contribution in [-0.4, -0.2) is 11.8 Å². The van der Waals surface area contributed by atoms with Crippen molar-refractivity contribution in [2.45, 2.75) is 32.7 Å². The number of Topliss-reactive ketones (excluding diaryl/α,β-unsaturated/α-hetero) is 1. The maximum Gasteiger partial charge on any atom is 0.139 e. The highest BCUT2D eigenvalue weighted by Gasteiger charge is 2.22. The number of rotatable bonds is 2. The summed E-state index contributed by atoms with van der Waals surface area (Å²) in [5.41, 5.74) is 3.77. The fourth-order valence-electron chi connectivity index (χ4n) is 3.15. The first-order valence-corrected chi connectivity index (χ1v) is 8.27. The lowest BCUT2D eigenvalue weighted by Gasteiger charge is -2.17. The maximum atomic E-state index is 15.2. The number of carbonyl (C=O) groups is 1. The van der Waals surface area contributed by atoms with Gasteiger partial charge in [-0.05, 0) is 48.7 Å². The second-order valence-electron chi connectivity index (χ2n) is 6.43. The van der Waals surface area contributed by atoms with Gasteiger partial charge in [0.25, 0.3) is 0 Å². The van der Waals surface area contributed by atoms with Gasteiger partial charge in [-0.3, -0.25) is 4.79 Å². The van der Waals surface area contributed by atoms with Crippen LogP contribution in [0, 0.1) is 11.3 Å². The molecule has 1 N–H and O–H groups in total. The number of para-hydroxylation sites is 1. The van der Waals surface area contributed by atoms with E-state index in [1.807, 2.05) is 13.0 Å². The molecule has 0 spiro atoms. The van der Waals surface area contributed by atoms with Crippen LogP contribution in [0.25, 0.3) is 11.4 Å². The number of benzene rings is 2. The third-order valence-electron chi connectivity index (χ3n) is 4.48. The highest BCUT2D eigenvalue weighted by Crippen LogP contribution is 2.35. The summed E-state index contributed by atoms with van der Waals surface area (Å²) < 4.78 is 15.2. The van der Waals surface area contributed by atoms with E-state index in [9.17, 15) is 4.79 Å². The second-order valence-corrected chi connectivity index (χ2v) is 6.43. The zero-order chi connectivity index (χ0) is 18.0. The predicted molar refractivity (Wildman–Crippen MR) is 97.6 cm³/mol. The third-order valence-corrected chi connectivity index (χ3v) is 4.48. The number of nitriles is 1. The van der Waals surface area contributed by atoms with Gasteiger partial charge in [-0.1, -0.05) is 24.3 Å². The first-order chi connectivity index (χ1) is 12.0. The minimum atomic E-state index is -0.324. The summed E-state index contributed by atoms with van der Waals surface area (Å²) in [6.07, 6.45) is 0.762. The molecule has 0 amide bonds. The summed E-state index contributed by atoms with van der Waals surface area (Å²) >= 11 is 0. The van der Waals surface area contributed by atoms with Crippen molar-refractivity contribution in [3.8, 4) is 6.07 Å².